The first-order valence-electron chi connectivity index (χ1n) is 15.9. The highest BCUT2D eigenvalue weighted by molar-refractivity contribution is 5.89. The van der Waals surface area contributed by atoms with Crippen LogP contribution in [0.5, 0.6) is 0 Å². The van der Waals surface area contributed by atoms with Crippen molar-refractivity contribution in [2.75, 3.05) is 0 Å². The Labute approximate surface area is 273 Å². The molecule has 0 aliphatic heterocycles. The van der Waals surface area contributed by atoms with Crippen LogP contribution >= 0.6 is 0 Å². The quantitative estimate of drug-likeness (QED) is 0.197. The van der Waals surface area contributed by atoms with Crippen LogP contribution < -0.4 is 0 Å². The van der Waals surface area contributed by atoms with Gasteiger partial charge >= 0.3 is 0 Å². The number of hydrogen-bond donors (Lipinski definition) is 0. The molecule has 9 aromatic rings. The molecule has 8 aromatic carbocycles. The van der Waals surface area contributed by atoms with Crippen molar-refractivity contribution >= 4 is 32.3 Å². The fourth-order valence-corrected chi connectivity index (χ4v) is 6.47. The molecule has 0 spiro atoms. The molecule has 47 heavy (non-hydrogen) atoms. The highest BCUT2D eigenvalue weighted by atomic mass is 15.4. The van der Waals surface area contributed by atoms with Crippen molar-refractivity contribution in [3.05, 3.63) is 176 Å². The minimum atomic E-state index is 0.692. The molecule has 0 fully saturated rings. The number of fused-ring (bicyclic) bond motifs is 3. The van der Waals surface area contributed by atoms with E-state index in [-0.39, 0.29) is 0 Å². The van der Waals surface area contributed by atoms with Crippen LogP contribution in [-0.2, 0) is 0 Å². The largest absolute Gasteiger partial charge is 0.213 e. The molecule has 0 radical (unpaired) electrons. The molecule has 0 aliphatic carbocycles. The molecule has 0 bridgehead atoms. The van der Waals surface area contributed by atoms with E-state index in [0.717, 1.165) is 33.8 Å². The monoisotopic (exact) mass is 599 g/mol. The predicted molar refractivity (Wildman–Crippen MR) is 196 cm³/mol. The number of benzene rings is 8. The molecule has 220 valence electrons. The van der Waals surface area contributed by atoms with E-state index >= 15 is 0 Å². The van der Waals surface area contributed by atoms with Gasteiger partial charge in [-0.05, 0) is 84.9 Å². The first-order chi connectivity index (χ1) is 23.2. The Kier molecular flexibility index (Phi) is 6.46. The van der Waals surface area contributed by atoms with Crippen LogP contribution in [0.3, 0.4) is 0 Å². The Morgan fingerprint density at radius 1 is 0.319 bits per heavy atom. The third kappa shape index (κ3) is 5.04. The minimum Gasteiger partial charge on any atom is -0.213 e. The summed E-state index contributed by atoms with van der Waals surface area (Å²) >= 11 is 0. The second-order valence-electron chi connectivity index (χ2n) is 12.0. The lowest BCUT2D eigenvalue weighted by atomic mass is 10.0. The Morgan fingerprint density at radius 3 is 1.21 bits per heavy atom. The van der Waals surface area contributed by atoms with Gasteiger partial charge in [0.05, 0.1) is 5.69 Å². The smallest absolute Gasteiger partial charge is 0.182 e. The van der Waals surface area contributed by atoms with E-state index in [4.69, 9.17) is 10.1 Å². The Morgan fingerprint density at radius 2 is 0.702 bits per heavy atom. The van der Waals surface area contributed by atoms with Crippen molar-refractivity contribution in [1.82, 2.24) is 14.8 Å². The molecule has 1 aromatic heterocycles. The van der Waals surface area contributed by atoms with Gasteiger partial charge in [-0.2, -0.15) is 0 Å². The lowest BCUT2D eigenvalue weighted by Crippen LogP contribution is -1.99. The lowest BCUT2D eigenvalue weighted by molar-refractivity contribution is 0.891. The van der Waals surface area contributed by atoms with Gasteiger partial charge in [0.1, 0.15) is 0 Å². The summed E-state index contributed by atoms with van der Waals surface area (Å²) in [4.78, 5) is 5.14. The van der Waals surface area contributed by atoms with Gasteiger partial charge in [-0.1, -0.05) is 146 Å². The van der Waals surface area contributed by atoms with E-state index in [0.29, 0.717) is 5.82 Å². The Balaban J connectivity index is 1.11. The van der Waals surface area contributed by atoms with Gasteiger partial charge in [0.15, 0.2) is 11.6 Å². The molecule has 3 heteroatoms. The number of hydrogen-bond acceptors (Lipinski definition) is 2. The summed E-state index contributed by atoms with van der Waals surface area (Å²) in [6.07, 6.45) is 0. The molecule has 0 atom stereocenters. The molecular formula is C44H29N3. The first-order valence-corrected chi connectivity index (χ1v) is 15.9. The maximum Gasteiger partial charge on any atom is 0.182 e. The van der Waals surface area contributed by atoms with Crippen molar-refractivity contribution < 1.29 is 0 Å². The first kappa shape index (κ1) is 27.0. The molecular weight excluding hydrogens is 571 g/mol. The zero-order chi connectivity index (χ0) is 31.2. The molecule has 0 unspecified atom stereocenters. The normalized spacial score (nSPS) is 11.4. The van der Waals surface area contributed by atoms with Crippen LogP contribution in [0.1, 0.15) is 0 Å². The zero-order valence-corrected chi connectivity index (χ0v) is 25.6. The molecule has 0 N–H and O–H groups in total. The second kappa shape index (κ2) is 11.2. The average Bonchev–Trinajstić information content (AvgIpc) is 3.60. The lowest BCUT2D eigenvalue weighted by Gasteiger charge is -2.09. The van der Waals surface area contributed by atoms with Crippen LogP contribution in [0.2, 0.25) is 0 Å². The highest BCUT2D eigenvalue weighted by Gasteiger charge is 2.16. The Hall–Kier alpha value is -6.32. The van der Waals surface area contributed by atoms with Gasteiger partial charge in [0.25, 0.3) is 0 Å². The summed E-state index contributed by atoms with van der Waals surface area (Å²) in [7, 11) is 0. The summed E-state index contributed by atoms with van der Waals surface area (Å²) in [5.74, 6) is 1.50. The molecule has 0 amide bonds. The fraction of sp³-hybridized carbons (Fsp3) is 0. The summed E-state index contributed by atoms with van der Waals surface area (Å²) in [6, 6.07) is 62.3. The number of nitrogens with zero attached hydrogens (tertiary/aromatic N) is 3. The maximum absolute atomic E-state index is 5.14. The van der Waals surface area contributed by atoms with Crippen LogP contribution in [0.25, 0.3) is 83.0 Å². The number of aromatic nitrogens is 3. The van der Waals surface area contributed by atoms with Crippen molar-refractivity contribution in [3.63, 3.8) is 0 Å². The van der Waals surface area contributed by atoms with Crippen molar-refractivity contribution in [3.8, 4) is 50.7 Å². The average molecular weight is 600 g/mol. The maximum atomic E-state index is 5.14. The van der Waals surface area contributed by atoms with E-state index in [1.54, 1.807) is 0 Å². The van der Waals surface area contributed by atoms with Crippen molar-refractivity contribution in [1.29, 1.82) is 0 Å². The van der Waals surface area contributed by atoms with Gasteiger partial charge < -0.3 is 0 Å². The van der Waals surface area contributed by atoms with Crippen molar-refractivity contribution in [2.45, 2.75) is 0 Å². The van der Waals surface area contributed by atoms with E-state index in [1.165, 1.54) is 43.4 Å². The third-order valence-corrected chi connectivity index (χ3v) is 9.04. The summed E-state index contributed by atoms with van der Waals surface area (Å²) in [6.45, 7) is 0. The molecule has 1 heterocycles. The summed E-state index contributed by atoms with van der Waals surface area (Å²) in [5, 5.41) is 12.4. The van der Waals surface area contributed by atoms with Crippen LogP contribution in [-0.4, -0.2) is 14.8 Å². The topological polar surface area (TPSA) is 30.7 Å². The predicted octanol–water partition coefficient (Wildman–Crippen LogP) is 11.4. The standard InChI is InChI=1S/C44H29N3/c1-4-10-36-27-39(20-15-30(36)7-1)33-13-18-35(19-14-33)43-45-44(41-22-17-32-9-3-6-12-38(32)29-41)47(46-43)42-25-23-34(24-26-42)40-21-16-31-8-2-5-11-37(31)28-40/h1-29H. The van der Waals surface area contributed by atoms with Gasteiger partial charge in [0, 0.05) is 11.1 Å². The van der Waals surface area contributed by atoms with Gasteiger partial charge in [-0.3, -0.25) is 0 Å². The molecule has 3 nitrogen and oxygen atoms in total. The molecule has 9 rings (SSSR count). The van der Waals surface area contributed by atoms with E-state index in [9.17, 15) is 0 Å². The second-order valence-corrected chi connectivity index (χ2v) is 12.0. The van der Waals surface area contributed by atoms with Crippen molar-refractivity contribution in [2.24, 2.45) is 0 Å². The SMILES string of the molecule is c1ccc2cc(-c3ccc(-c4nc(-c5ccc6ccccc6c5)n(-c5ccc(-c6ccc7ccccc7c6)cc5)n4)cc3)ccc2c1. The zero-order valence-electron chi connectivity index (χ0n) is 25.6. The van der Waals surface area contributed by atoms with Gasteiger partial charge in [0.2, 0.25) is 0 Å². The van der Waals surface area contributed by atoms with Crippen LogP contribution in [0, 0.1) is 0 Å². The van der Waals surface area contributed by atoms with Crippen LogP contribution in [0.15, 0.2) is 176 Å². The molecule has 0 saturated heterocycles. The van der Waals surface area contributed by atoms with Gasteiger partial charge in [-0.25, -0.2) is 9.67 Å². The van der Waals surface area contributed by atoms with E-state index in [2.05, 4.69) is 176 Å². The summed E-state index contributed by atoms with van der Waals surface area (Å²) < 4.78 is 1.97. The fourth-order valence-electron chi connectivity index (χ4n) is 6.47. The molecule has 0 saturated carbocycles. The summed E-state index contributed by atoms with van der Waals surface area (Å²) in [5.41, 5.74) is 7.67. The van der Waals surface area contributed by atoms with Crippen LogP contribution in [0.4, 0.5) is 0 Å². The Bertz CT molecular complexity index is 2560. The van der Waals surface area contributed by atoms with Gasteiger partial charge in [-0.15, -0.1) is 5.10 Å². The molecule has 0 aliphatic rings. The van der Waals surface area contributed by atoms with E-state index in [1.807, 2.05) is 4.68 Å². The third-order valence-electron chi connectivity index (χ3n) is 9.04. The highest BCUT2D eigenvalue weighted by Crippen LogP contribution is 2.32. The minimum absolute atomic E-state index is 0.692. The van der Waals surface area contributed by atoms with E-state index < -0.39 is 0 Å². The number of rotatable bonds is 5.